The number of rotatable bonds is 5. The second-order valence-corrected chi connectivity index (χ2v) is 5.90. The Bertz CT molecular complexity index is 436. The molecule has 1 saturated carbocycles. The van der Waals surface area contributed by atoms with Crippen LogP contribution in [0.15, 0.2) is 24.3 Å². The van der Waals surface area contributed by atoms with Crippen LogP contribution in [0.3, 0.4) is 0 Å². The van der Waals surface area contributed by atoms with Gasteiger partial charge in [-0.2, -0.15) is 0 Å². The molecular weight excluding hydrogens is 250 g/mol. The summed E-state index contributed by atoms with van der Waals surface area (Å²) in [6.45, 7) is 0. The topological polar surface area (TPSA) is 63.3 Å². The van der Waals surface area contributed by atoms with Gasteiger partial charge in [0.2, 0.25) is 0 Å². The maximum absolute atomic E-state index is 10.6. The Morgan fingerprint density at radius 1 is 1.25 bits per heavy atom. The third-order valence-electron chi connectivity index (χ3n) is 4.33. The number of hydrogen-bond donors (Lipinski definition) is 2. The van der Waals surface area contributed by atoms with E-state index in [1.54, 1.807) is 0 Å². The van der Waals surface area contributed by atoms with E-state index in [1.807, 2.05) is 6.07 Å². The Hall–Kier alpha value is -1.35. The number of benzene rings is 1. The third kappa shape index (κ3) is 4.34. The molecule has 1 unspecified atom stereocenters. The van der Waals surface area contributed by atoms with Crippen LogP contribution in [0.2, 0.25) is 0 Å². The molecular formula is C17H25NO2. The summed E-state index contributed by atoms with van der Waals surface area (Å²) in [6, 6.07) is 8.31. The minimum absolute atomic E-state index is 0.134. The fourth-order valence-electron chi connectivity index (χ4n) is 3.10. The Morgan fingerprint density at radius 3 is 2.60 bits per heavy atom. The van der Waals surface area contributed by atoms with Gasteiger partial charge in [0.15, 0.2) is 0 Å². The molecule has 3 heteroatoms. The summed E-state index contributed by atoms with van der Waals surface area (Å²) in [6.07, 6.45) is 8.53. The molecule has 1 fully saturated rings. The third-order valence-corrected chi connectivity index (χ3v) is 4.33. The highest BCUT2D eigenvalue weighted by Gasteiger charge is 2.16. The number of aliphatic carboxylic acids is 1. The fraction of sp³-hybridized carbons (Fsp3) is 0.588. The lowest BCUT2D eigenvalue weighted by Gasteiger charge is -2.17. The van der Waals surface area contributed by atoms with Crippen molar-refractivity contribution in [2.45, 2.75) is 63.3 Å². The van der Waals surface area contributed by atoms with Gasteiger partial charge in [-0.15, -0.1) is 0 Å². The standard InChI is InChI=1S/C17H25NO2/c18-16(10-11-17(19)20)15-9-5-8-14(12-15)13-6-3-1-2-4-7-13/h5,8-9,12-13,16H,1-4,6-7,10-11,18H2,(H,19,20). The quantitative estimate of drug-likeness (QED) is 0.799. The van der Waals surface area contributed by atoms with Crippen LogP contribution in [-0.4, -0.2) is 11.1 Å². The lowest BCUT2D eigenvalue weighted by molar-refractivity contribution is -0.137. The molecule has 110 valence electrons. The maximum atomic E-state index is 10.6. The molecule has 1 aliphatic rings. The number of hydrogen-bond acceptors (Lipinski definition) is 2. The predicted octanol–water partition coefficient (Wildman–Crippen LogP) is 3.99. The zero-order chi connectivity index (χ0) is 14.4. The first-order valence-corrected chi connectivity index (χ1v) is 7.74. The van der Waals surface area contributed by atoms with Crippen molar-refractivity contribution in [1.29, 1.82) is 0 Å². The molecule has 0 aliphatic heterocycles. The zero-order valence-electron chi connectivity index (χ0n) is 12.1. The van der Waals surface area contributed by atoms with E-state index in [4.69, 9.17) is 10.8 Å². The molecule has 0 spiro atoms. The summed E-state index contributed by atoms with van der Waals surface area (Å²) in [5, 5.41) is 8.74. The van der Waals surface area contributed by atoms with Crippen LogP contribution in [0.4, 0.5) is 0 Å². The van der Waals surface area contributed by atoms with E-state index in [0.29, 0.717) is 12.3 Å². The number of carboxylic acids is 1. The van der Waals surface area contributed by atoms with E-state index >= 15 is 0 Å². The molecule has 3 N–H and O–H groups in total. The first kappa shape index (κ1) is 15.0. The lowest BCUT2D eigenvalue weighted by atomic mass is 9.89. The van der Waals surface area contributed by atoms with Gasteiger partial charge in [-0.25, -0.2) is 0 Å². The van der Waals surface area contributed by atoms with E-state index in [1.165, 1.54) is 44.1 Å². The molecule has 0 radical (unpaired) electrons. The van der Waals surface area contributed by atoms with Crippen molar-refractivity contribution in [3.63, 3.8) is 0 Å². The molecule has 0 heterocycles. The van der Waals surface area contributed by atoms with E-state index < -0.39 is 5.97 Å². The van der Waals surface area contributed by atoms with E-state index in [-0.39, 0.29) is 12.5 Å². The molecule has 1 aliphatic carbocycles. The molecule has 0 saturated heterocycles. The minimum atomic E-state index is -0.777. The number of nitrogens with two attached hydrogens (primary N) is 1. The highest BCUT2D eigenvalue weighted by Crippen LogP contribution is 2.32. The molecule has 1 aromatic rings. The lowest BCUT2D eigenvalue weighted by Crippen LogP contribution is -2.13. The SMILES string of the molecule is NC(CCC(=O)O)c1cccc(C2CCCCCC2)c1. The highest BCUT2D eigenvalue weighted by molar-refractivity contribution is 5.66. The van der Waals surface area contributed by atoms with E-state index in [2.05, 4.69) is 18.2 Å². The van der Waals surface area contributed by atoms with Crippen molar-refractivity contribution < 1.29 is 9.90 Å². The molecule has 3 nitrogen and oxygen atoms in total. The second-order valence-electron chi connectivity index (χ2n) is 5.90. The summed E-state index contributed by atoms with van der Waals surface area (Å²) in [4.78, 5) is 10.6. The molecule has 0 amide bonds. The highest BCUT2D eigenvalue weighted by atomic mass is 16.4. The summed E-state index contributed by atoms with van der Waals surface area (Å²) < 4.78 is 0. The van der Waals surface area contributed by atoms with Crippen LogP contribution in [0.25, 0.3) is 0 Å². The Labute approximate surface area is 121 Å². The minimum Gasteiger partial charge on any atom is -0.481 e. The normalized spacial score (nSPS) is 18.4. The Morgan fingerprint density at radius 2 is 1.95 bits per heavy atom. The van der Waals surface area contributed by atoms with Gasteiger partial charge >= 0.3 is 5.97 Å². The second kappa shape index (κ2) is 7.44. The average Bonchev–Trinajstić information content (AvgIpc) is 2.74. The largest absolute Gasteiger partial charge is 0.481 e. The van der Waals surface area contributed by atoms with Gasteiger partial charge in [-0.3, -0.25) is 4.79 Å². The van der Waals surface area contributed by atoms with Gasteiger partial charge < -0.3 is 10.8 Å². The molecule has 2 rings (SSSR count). The van der Waals surface area contributed by atoms with Crippen molar-refractivity contribution in [2.24, 2.45) is 5.73 Å². The van der Waals surface area contributed by atoms with Crippen LogP contribution in [0, 0.1) is 0 Å². The van der Waals surface area contributed by atoms with Gasteiger partial charge in [0.05, 0.1) is 0 Å². The van der Waals surface area contributed by atoms with Crippen molar-refractivity contribution in [2.75, 3.05) is 0 Å². The zero-order valence-corrected chi connectivity index (χ0v) is 12.1. The van der Waals surface area contributed by atoms with Gasteiger partial charge in [0.25, 0.3) is 0 Å². The van der Waals surface area contributed by atoms with Gasteiger partial charge in [0.1, 0.15) is 0 Å². The number of carbonyl (C=O) groups is 1. The molecule has 1 atom stereocenters. The molecule has 1 aromatic carbocycles. The summed E-state index contributed by atoms with van der Waals surface area (Å²) in [5.41, 5.74) is 8.57. The van der Waals surface area contributed by atoms with Gasteiger partial charge in [-0.1, -0.05) is 49.9 Å². The summed E-state index contributed by atoms with van der Waals surface area (Å²) in [5.74, 6) is -0.121. The molecule has 20 heavy (non-hydrogen) atoms. The average molecular weight is 275 g/mol. The van der Waals surface area contributed by atoms with E-state index in [9.17, 15) is 4.79 Å². The van der Waals surface area contributed by atoms with E-state index in [0.717, 1.165) is 5.56 Å². The predicted molar refractivity (Wildman–Crippen MR) is 80.7 cm³/mol. The van der Waals surface area contributed by atoms with Crippen molar-refractivity contribution in [1.82, 2.24) is 0 Å². The Kier molecular flexibility index (Phi) is 5.60. The monoisotopic (exact) mass is 275 g/mol. The Balaban J connectivity index is 2.04. The molecule has 0 bridgehead atoms. The van der Waals surface area contributed by atoms with Gasteiger partial charge in [0, 0.05) is 12.5 Å². The van der Waals surface area contributed by atoms with Crippen LogP contribution in [-0.2, 0) is 4.79 Å². The van der Waals surface area contributed by atoms with Crippen molar-refractivity contribution in [3.8, 4) is 0 Å². The molecule has 0 aromatic heterocycles. The first-order chi connectivity index (χ1) is 9.66. The van der Waals surface area contributed by atoms with Crippen LogP contribution in [0.1, 0.15) is 74.5 Å². The van der Waals surface area contributed by atoms with Crippen LogP contribution in [0.5, 0.6) is 0 Å². The summed E-state index contributed by atoms with van der Waals surface area (Å²) in [7, 11) is 0. The number of carboxylic acid groups (broad SMARTS) is 1. The van der Waals surface area contributed by atoms with Gasteiger partial charge in [-0.05, 0) is 36.3 Å². The van der Waals surface area contributed by atoms with Crippen molar-refractivity contribution >= 4 is 5.97 Å². The smallest absolute Gasteiger partial charge is 0.303 e. The van der Waals surface area contributed by atoms with Crippen LogP contribution >= 0.6 is 0 Å². The van der Waals surface area contributed by atoms with Crippen molar-refractivity contribution in [3.05, 3.63) is 35.4 Å². The first-order valence-electron chi connectivity index (χ1n) is 7.74. The fourth-order valence-corrected chi connectivity index (χ4v) is 3.10. The summed E-state index contributed by atoms with van der Waals surface area (Å²) >= 11 is 0. The maximum Gasteiger partial charge on any atom is 0.303 e. The van der Waals surface area contributed by atoms with Crippen LogP contribution < -0.4 is 5.73 Å².